The molecular weight excluding hydrogens is 300 g/mol. The molecule has 0 spiro atoms. The van der Waals surface area contributed by atoms with Gasteiger partial charge in [-0.05, 0) is 40.5 Å². The molecule has 0 aliphatic heterocycles. The maximum absolute atomic E-state index is 9.46. The number of hydrogen-bond acceptors (Lipinski definition) is 5. The smallest absolute Gasteiger partial charge is 0.325 e. The summed E-state index contributed by atoms with van der Waals surface area (Å²) in [6, 6.07) is 5.05. The lowest BCUT2D eigenvalue weighted by atomic mass is 10.2. The average molecular weight is 311 g/mol. The maximum atomic E-state index is 9.46. The van der Waals surface area contributed by atoms with Gasteiger partial charge in [0.25, 0.3) is 0 Å². The summed E-state index contributed by atoms with van der Waals surface area (Å²) >= 11 is 3.25. The summed E-state index contributed by atoms with van der Waals surface area (Å²) in [5.41, 5.74) is 0.883. The van der Waals surface area contributed by atoms with Crippen LogP contribution >= 0.6 is 15.9 Å². The molecule has 0 aliphatic rings. The molecule has 0 bridgehead atoms. The van der Waals surface area contributed by atoms with Crippen LogP contribution in [0.5, 0.6) is 23.4 Å². The summed E-state index contributed by atoms with van der Waals surface area (Å²) in [5, 5.41) is 9.46. The highest BCUT2D eigenvalue weighted by molar-refractivity contribution is 9.10. The molecule has 0 saturated heterocycles. The summed E-state index contributed by atoms with van der Waals surface area (Å²) in [6.07, 6.45) is 1.54. The van der Waals surface area contributed by atoms with Crippen LogP contribution in [0.1, 0.15) is 5.56 Å². The number of methoxy groups -OCH3 is 1. The van der Waals surface area contributed by atoms with Gasteiger partial charge in [0, 0.05) is 6.07 Å². The number of nitrogens with zero attached hydrogens (tertiary/aromatic N) is 2. The van der Waals surface area contributed by atoms with Gasteiger partial charge in [-0.15, -0.1) is 0 Å². The fourth-order valence-electron chi connectivity index (χ4n) is 1.42. The third-order valence-corrected chi connectivity index (χ3v) is 2.67. The minimum Gasteiger partial charge on any atom is -0.508 e. The average Bonchev–Trinajstić information content (AvgIpc) is 2.30. The van der Waals surface area contributed by atoms with Crippen LogP contribution in [0.4, 0.5) is 0 Å². The van der Waals surface area contributed by atoms with Crippen molar-refractivity contribution in [1.82, 2.24) is 9.97 Å². The molecule has 18 heavy (non-hydrogen) atoms. The van der Waals surface area contributed by atoms with E-state index in [1.165, 1.54) is 19.4 Å². The standard InChI is InChI=1S/C12H11BrN2O3/c1-7-3-8(16)5-9(4-7)18-12-14-6-10(13)11(15-12)17-2/h3-6,16H,1-2H3. The molecule has 0 amide bonds. The Balaban J connectivity index is 2.28. The van der Waals surface area contributed by atoms with Crippen molar-refractivity contribution in [3.63, 3.8) is 0 Å². The van der Waals surface area contributed by atoms with Crippen molar-refractivity contribution in [3.8, 4) is 23.4 Å². The molecule has 0 fully saturated rings. The summed E-state index contributed by atoms with van der Waals surface area (Å²) in [4.78, 5) is 8.06. The molecular formula is C12H11BrN2O3. The van der Waals surface area contributed by atoms with Crippen LogP contribution in [0.25, 0.3) is 0 Å². The molecule has 6 heteroatoms. The lowest BCUT2D eigenvalue weighted by Gasteiger charge is -2.07. The lowest BCUT2D eigenvalue weighted by molar-refractivity contribution is 0.372. The number of aryl methyl sites for hydroxylation is 1. The van der Waals surface area contributed by atoms with Gasteiger partial charge in [0.15, 0.2) is 0 Å². The van der Waals surface area contributed by atoms with Gasteiger partial charge in [0.1, 0.15) is 11.5 Å². The van der Waals surface area contributed by atoms with E-state index in [1.807, 2.05) is 6.92 Å². The molecule has 1 heterocycles. The quantitative estimate of drug-likeness (QED) is 0.944. The molecule has 1 aromatic carbocycles. The van der Waals surface area contributed by atoms with E-state index >= 15 is 0 Å². The highest BCUT2D eigenvalue weighted by Gasteiger charge is 2.07. The van der Waals surface area contributed by atoms with Gasteiger partial charge in [-0.3, -0.25) is 0 Å². The zero-order chi connectivity index (χ0) is 13.1. The minimum absolute atomic E-state index is 0.133. The molecule has 1 N–H and O–H groups in total. The molecule has 5 nitrogen and oxygen atoms in total. The third-order valence-electron chi connectivity index (χ3n) is 2.13. The number of phenolic OH excluding ortho intramolecular Hbond substituents is 1. The molecule has 1 aromatic heterocycles. The maximum Gasteiger partial charge on any atom is 0.325 e. The Morgan fingerprint density at radius 2 is 2.06 bits per heavy atom. The first-order chi connectivity index (χ1) is 8.58. The first-order valence-electron chi connectivity index (χ1n) is 5.13. The molecule has 0 unspecified atom stereocenters. The number of aromatic nitrogens is 2. The molecule has 0 radical (unpaired) electrons. The SMILES string of the molecule is COc1nc(Oc2cc(C)cc(O)c2)ncc1Br. The van der Waals surface area contributed by atoms with Gasteiger partial charge in [-0.2, -0.15) is 4.98 Å². The Bertz CT molecular complexity index is 555. The van der Waals surface area contributed by atoms with Crippen LogP contribution in [-0.4, -0.2) is 22.2 Å². The molecule has 94 valence electrons. The summed E-state index contributed by atoms with van der Waals surface area (Å²) < 4.78 is 11.1. The van der Waals surface area contributed by atoms with E-state index in [4.69, 9.17) is 9.47 Å². The van der Waals surface area contributed by atoms with Gasteiger partial charge >= 0.3 is 6.01 Å². The highest BCUT2D eigenvalue weighted by atomic mass is 79.9. The Kier molecular flexibility index (Phi) is 3.66. The van der Waals surface area contributed by atoms with E-state index in [2.05, 4.69) is 25.9 Å². The number of hydrogen-bond donors (Lipinski definition) is 1. The second-order valence-corrected chi connectivity index (χ2v) is 4.47. The topological polar surface area (TPSA) is 64.5 Å². The fourth-order valence-corrected chi connectivity index (χ4v) is 1.77. The second-order valence-electron chi connectivity index (χ2n) is 3.62. The van der Waals surface area contributed by atoms with E-state index in [-0.39, 0.29) is 11.8 Å². The van der Waals surface area contributed by atoms with E-state index in [1.54, 1.807) is 12.1 Å². The van der Waals surface area contributed by atoms with Crippen molar-refractivity contribution in [1.29, 1.82) is 0 Å². The van der Waals surface area contributed by atoms with Gasteiger partial charge < -0.3 is 14.6 Å². The van der Waals surface area contributed by atoms with Gasteiger partial charge in [-0.1, -0.05) is 0 Å². The highest BCUT2D eigenvalue weighted by Crippen LogP contribution is 2.27. The normalized spacial score (nSPS) is 10.2. The Morgan fingerprint density at radius 3 is 2.72 bits per heavy atom. The number of halogens is 1. The number of benzene rings is 1. The molecule has 2 rings (SSSR count). The Hall–Kier alpha value is -1.82. The fraction of sp³-hybridized carbons (Fsp3) is 0.167. The molecule has 2 aromatic rings. The van der Waals surface area contributed by atoms with Gasteiger partial charge in [0.05, 0.1) is 17.8 Å². The van der Waals surface area contributed by atoms with Crippen molar-refractivity contribution in [2.75, 3.05) is 7.11 Å². The van der Waals surface area contributed by atoms with Crippen LogP contribution < -0.4 is 9.47 Å². The molecule has 0 saturated carbocycles. The zero-order valence-corrected chi connectivity index (χ0v) is 11.4. The zero-order valence-electron chi connectivity index (χ0n) is 9.85. The minimum atomic E-state index is 0.133. The largest absolute Gasteiger partial charge is 0.508 e. The van der Waals surface area contributed by atoms with E-state index < -0.39 is 0 Å². The van der Waals surface area contributed by atoms with Crippen molar-refractivity contribution < 1.29 is 14.6 Å². The number of ether oxygens (including phenoxy) is 2. The summed E-state index contributed by atoms with van der Waals surface area (Å²) in [5.74, 6) is 0.989. The van der Waals surface area contributed by atoms with Crippen molar-refractivity contribution >= 4 is 15.9 Å². The van der Waals surface area contributed by atoms with Crippen LogP contribution in [0.3, 0.4) is 0 Å². The van der Waals surface area contributed by atoms with Crippen LogP contribution in [-0.2, 0) is 0 Å². The predicted octanol–water partition coefficient (Wildman–Crippen LogP) is 3.05. The Morgan fingerprint density at radius 1 is 1.28 bits per heavy atom. The second kappa shape index (κ2) is 5.22. The number of aromatic hydroxyl groups is 1. The van der Waals surface area contributed by atoms with Gasteiger partial charge in [-0.25, -0.2) is 4.98 Å². The van der Waals surface area contributed by atoms with E-state index in [0.717, 1.165) is 5.56 Å². The summed E-state index contributed by atoms with van der Waals surface area (Å²) in [7, 11) is 1.51. The lowest BCUT2D eigenvalue weighted by Crippen LogP contribution is -1.95. The van der Waals surface area contributed by atoms with Crippen LogP contribution in [0.2, 0.25) is 0 Å². The van der Waals surface area contributed by atoms with Crippen molar-refractivity contribution in [3.05, 3.63) is 34.4 Å². The first kappa shape index (κ1) is 12.6. The number of rotatable bonds is 3. The van der Waals surface area contributed by atoms with Crippen molar-refractivity contribution in [2.45, 2.75) is 6.92 Å². The van der Waals surface area contributed by atoms with Gasteiger partial charge in [0.2, 0.25) is 5.88 Å². The van der Waals surface area contributed by atoms with E-state index in [9.17, 15) is 5.11 Å². The molecule has 0 atom stereocenters. The van der Waals surface area contributed by atoms with Crippen LogP contribution in [0.15, 0.2) is 28.9 Å². The van der Waals surface area contributed by atoms with Crippen molar-refractivity contribution in [2.24, 2.45) is 0 Å². The van der Waals surface area contributed by atoms with E-state index in [0.29, 0.717) is 16.1 Å². The first-order valence-corrected chi connectivity index (χ1v) is 5.93. The monoisotopic (exact) mass is 310 g/mol. The van der Waals surface area contributed by atoms with Crippen LogP contribution in [0, 0.1) is 6.92 Å². The Labute approximate surface area is 113 Å². The predicted molar refractivity (Wildman–Crippen MR) is 69.2 cm³/mol. The molecule has 0 aliphatic carbocycles. The summed E-state index contributed by atoms with van der Waals surface area (Å²) in [6.45, 7) is 1.86. The number of phenols is 1. The third kappa shape index (κ3) is 2.89.